The molecule has 3 heterocycles. The Hall–Kier alpha value is -3.73. The summed E-state index contributed by atoms with van der Waals surface area (Å²) in [6.07, 6.45) is 3.41. The molecule has 0 amide bonds. The molecule has 0 saturated heterocycles. The molecule has 0 aliphatic heterocycles. The van der Waals surface area contributed by atoms with Gasteiger partial charge in [-0.05, 0) is 50.2 Å². The predicted molar refractivity (Wildman–Crippen MR) is 109 cm³/mol. The average molecular weight is 425 g/mol. The Kier molecular flexibility index (Phi) is 4.96. The Bertz CT molecular complexity index is 1260. The minimum Gasteiger partial charge on any atom is -0.438 e. The molecule has 4 aromatic rings. The average Bonchev–Trinajstić information content (AvgIpc) is 3.32. The van der Waals surface area contributed by atoms with Crippen LogP contribution in [0.4, 0.5) is 5.69 Å². The van der Waals surface area contributed by atoms with Crippen molar-refractivity contribution in [3.63, 3.8) is 0 Å². The Morgan fingerprint density at radius 2 is 1.80 bits per heavy atom. The second-order valence-corrected chi connectivity index (χ2v) is 8.16. The van der Waals surface area contributed by atoms with Gasteiger partial charge in [-0.2, -0.15) is 10.2 Å². The summed E-state index contributed by atoms with van der Waals surface area (Å²) in [6.45, 7) is 3.38. The highest BCUT2D eigenvalue weighted by Crippen LogP contribution is 2.25. The lowest BCUT2D eigenvalue weighted by Crippen LogP contribution is -2.14. The maximum absolute atomic E-state index is 12.7. The molecule has 11 heteroatoms. The molecule has 1 aromatic carbocycles. The quantitative estimate of drug-likeness (QED) is 0.505. The highest BCUT2D eigenvalue weighted by Gasteiger charge is 2.23. The molecule has 0 spiro atoms. The van der Waals surface area contributed by atoms with Crippen molar-refractivity contribution in [1.82, 2.24) is 29.8 Å². The molecule has 0 radical (unpaired) electrons. The molecule has 0 bridgehead atoms. The van der Waals surface area contributed by atoms with Crippen LogP contribution in [0, 0.1) is 13.8 Å². The predicted octanol–water partition coefficient (Wildman–Crippen LogP) is 2.61. The van der Waals surface area contributed by atoms with Gasteiger partial charge in [-0.3, -0.25) is 9.40 Å². The molecule has 1 N–H and O–H groups in total. The zero-order valence-electron chi connectivity index (χ0n) is 16.5. The van der Waals surface area contributed by atoms with Crippen LogP contribution in [0.3, 0.4) is 0 Å². The van der Waals surface area contributed by atoms with Crippen LogP contribution in [0.15, 0.2) is 59.8 Å². The summed E-state index contributed by atoms with van der Waals surface area (Å²) < 4.78 is 36.8. The first-order chi connectivity index (χ1) is 14.3. The third kappa shape index (κ3) is 3.87. The molecule has 154 valence electrons. The van der Waals surface area contributed by atoms with E-state index in [1.165, 1.54) is 0 Å². The van der Waals surface area contributed by atoms with E-state index in [1.54, 1.807) is 85.1 Å². The maximum atomic E-state index is 12.7. The molecule has 10 nitrogen and oxygen atoms in total. The van der Waals surface area contributed by atoms with Crippen LogP contribution in [-0.2, 0) is 17.1 Å². The second kappa shape index (κ2) is 7.59. The third-order valence-electron chi connectivity index (χ3n) is 4.41. The van der Waals surface area contributed by atoms with E-state index >= 15 is 0 Å². The number of nitrogens with one attached hydrogen (secondary N) is 1. The molecule has 0 unspecified atom stereocenters. The second-order valence-electron chi connectivity index (χ2n) is 6.54. The van der Waals surface area contributed by atoms with Gasteiger partial charge in [0.2, 0.25) is 5.88 Å². The summed E-state index contributed by atoms with van der Waals surface area (Å²) in [5, 5.41) is 16.3. The first-order valence-corrected chi connectivity index (χ1v) is 10.5. The van der Waals surface area contributed by atoms with Gasteiger partial charge in [0.25, 0.3) is 10.0 Å². The smallest absolute Gasteiger partial charge is 0.265 e. The summed E-state index contributed by atoms with van der Waals surface area (Å²) >= 11 is 0. The first kappa shape index (κ1) is 19.6. The summed E-state index contributed by atoms with van der Waals surface area (Å²) in [6, 6.07) is 11.7. The number of ether oxygens (including phenoxy) is 1. The summed E-state index contributed by atoms with van der Waals surface area (Å²) in [4.78, 5) is 0.179. The summed E-state index contributed by atoms with van der Waals surface area (Å²) in [5.74, 6) is 1.37. The topological polar surface area (TPSA) is 117 Å². The van der Waals surface area contributed by atoms with E-state index < -0.39 is 10.0 Å². The molecule has 3 aromatic heterocycles. The number of benzene rings is 1. The summed E-state index contributed by atoms with van der Waals surface area (Å²) in [5.41, 5.74) is 1.42. The minimum atomic E-state index is -3.76. The van der Waals surface area contributed by atoms with Crippen LogP contribution in [0.5, 0.6) is 11.6 Å². The molecule has 0 atom stereocenters. The van der Waals surface area contributed by atoms with Gasteiger partial charge in [-0.25, -0.2) is 13.1 Å². The van der Waals surface area contributed by atoms with E-state index in [0.29, 0.717) is 34.5 Å². The minimum absolute atomic E-state index is 0.179. The van der Waals surface area contributed by atoms with Crippen LogP contribution >= 0.6 is 0 Å². The highest BCUT2D eigenvalue weighted by atomic mass is 32.2. The molecule has 0 aliphatic rings. The molecule has 0 saturated carbocycles. The van der Waals surface area contributed by atoms with Gasteiger partial charge in [0.05, 0.1) is 11.4 Å². The maximum Gasteiger partial charge on any atom is 0.265 e. The van der Waals surface area contributed by atoms with Gasteiger partial charge in [0.1, 0.15) is 10.6 Å². The number of aryl methyl sites for hydroxylation is 2. The zero-order chi connectivity index (χ0) is 21.3. The van der Waals surface area contributed by atoms with Gasteiger partial charge in [-0.15, -0.1) is 10.2 Å². The normalized spacial score (nSPS) is 11.4. The van der Waals surface area contributed by atoms with Crippen molar-refractivity contribution in [3.8, 4) is 17.4 Å². The highest BCUT2D eigenvalue weighted by molar-refractivity contribution is 7.92. The van der Waals surface area contributed by atoms with Crippen molar-refractivity contribution >= 4 is 15.7 Å². The van der Waals surface area contributed by atoms with Crippen molar-refractivity contribution in [2.75, 3.05) is 4.72 Å². The lowest BCUT2D eigenvalue weighted by Gasteiger charge is -2.10. The van der Waals surface area contributed by atoms with Crippen molar-refractivity contribution < 1.29 is 13.2 Å². The van der Waals surface area contributed by atoms with Crippen LogP contribution in [0.25, 0.3) is 5.82 Å². The molecule has 0 fully saturated rings. The van der Waals surface area contributed by atoms with E-state index in [4.69, 9.17) is 4.74 Å². The standard InChI is InChI=1S/C19H19N7O3S/c1-13-19(14(2)25(3)23-13)30(27,28)24-15-5-7-16(8-6-15)29-18-10-9-17(21-22-18)26-12-4-11-20-26/h4-12,24H,1-3H3. The number of hydrogen-bond donors (Lipinski definition) is 1. The molecule has 0 aliphatic carbocycles. The van der Waals surface area contributed by atoms with Gasteiger partial charge in [-0.1, -0.05) is 0 Å². The lowest BCUT2D eigenvalue weighted by molar-refractivity contribution is 0.454. The first-order valence-electron chi connectivity index (χ1n) is 8.98. The van der Waals surface area contributed by atoms with Crippen molar-refractivity contribution in [3.05, 3.63) is 66.2 Å². The molecule has 4 rings (SSSR count). The fourth-order valence-corrected chi connectivity index (χ4v) is 4.45. The van der Waals surface area contributed by atoms with Gasteiger partial charge < -0.3 is 4.74 Å². The van der Waals surface area contributed by atoms with Crippen LogP contribution < -0.4 is 9.46 Å². The molecular formula is C19H19N7O3S. The Labute approximate surface area is 173 Å². The number of sulfonamides is 1. The third-order valence-corrected chi connectivity index (χ3v) is 6.04. The van der Waals surface area contributed by atoms with E-state index in [-0.39, 0.29) is 4.90 Å². The number of hydrogen-bond acceptors (Lipinski definition) is 7. The van der Waals surface area contributed by atoms with Gasteiger partial charge >= 0.3 is 0 Å². The van der Waals surface area contributed by atoms with E-state index in [9.17, 15) is 8.42 Å². The van der Waals surface area contributed by atoms with Crippen LogP contribution in [0.1, 0.15) is 11.4 Å². The largest absolute Gasteiger partial charge is 0.438 e. The number of anilines is 1. The van der Waals surface area contributed by atoms with Crippen molar-refractivity contribution in [2.45, 2.75) is 18.7 Å². The number of rotatable bonds is 6. The van der Waals surface area contributed by atoms with Gasteiger partial charge in [0.15, 0.2) is 5.82 Å². The fraction of sp³-hybridized carbons (Fsp3) is 0.158. The molecular weight excluding hydrogens is 406 g/mol. The zero-order valence-corrected chi connectivity index (χ0v) is 17.3. The van der Waals surface area contributed by atoms with Crippen LogP contribution in [0.2, 0.25) is 0 Å². The van der Waals surface area contributed by atoms with Gasteiger partial charge in [0, 0.05) is 31.2 Å². The van der Waals surface area contributed by atoms with Crippen molar-refractivity contribution in [1.29, 1.82) is 0 Å². The van der Waals surface area contributed by atoms with E-state index in [0.717, 1.165) is 0 Å². The summed E-state index contributed by atoms with van der Waals surface area (Å²) in [7, 11) is -2.05. The lowest BCUT2D eigenvalue weighted by atomic mass is 10.3. The number of aromatic nitrogens is 6. The van der Waals surface area contributed by atoms with E-state index in [2.05, 4.69) is 25.1 Å². The Morgan fingerprint density at radius 3 is 2.37 bits per heavy atom. The van der Waals surface area contributed by atoms with Crippen LogP contribution in [-0.4, -0.2) is 38.2 Å². The Morgan fingerprint density at radius 1 is 1.03 bits per heavy atom. The Balaban J connectivity index is 1.46. The van der Waals surface area contributed by atoms with Crippen molar-refractivity contribution in [2.24, 2.45) is 7.05 Å². The number of nitrogens with zero attached hydrogens (tertiary/aromatic N) is 6. The SMILES string of the molecule is Cc1nn(C)c(C)c1S(=O)(=O)Nc1ccc(Oc2ccc(-n3cccn3)nn2)cc1. The van der Waals surface area contributed by atoms with E-state index in [1.807, 2.05) is 0 Å². The molecule has 30 heavy (non-hydrogen) atoms. The monoisotopic (exact) mass is 425 g/mol. The fourth-order valence-electron chi connectivity index (χ4n) is 2.95.